The highest BCUT2D eigenvalue weighted by molar-refractivity contribution is 7.26. The summed E-state index contributed by atoms with van der Waals surface area (Å²) in [5.41, 5.74) is 6.17. The molecule has 0 aliphatic carbocycles. The quantitative estimate of drug-likeness (QED) is 0.121. The summed E-state index contributed by atoms with van der Waals surface area (Å²) in [4.78, 5) is 0. The van der Waals surface area contributed by atoms with Crippen molar-refractivity contribution in [3.63, 3.8) is 0 Å². The van der Waals surface area contributed by atoms with E-state index in [1.54, 1.807) is 0 Å². The minimum Gasteiger partial charge on any atom is -0.309 e. The molecule has 2 aromatic heterocycles. The van der Waals surface area contributed by atoms with Gasteiger partial charge >= 0.3 is 0 Å². The summed E-state index contributed by atoms with van der Waals surface area (Å²) in [5.74, 6) is 0. The molecule has 0 aliphatic heterocycles. The van der Waals surface area contributed by atoms with E-state index in [0.717, 1.165) is 0 Å². The van der Waals surface area contributed by atoms with Gasteiger partial charge in [0.25, 0.3) is 0 Å². The van der Waals surface area contributed by atoms with Crippen LogP contribution in [0.15, 0.2) is 200 Å². The standard InChI is InChI=1S/C48H33NSSi/c1-3-16-36(17-4-1)51(37-18-5-2-6-19-37,38-31-29-34(30-32-38)40-24-14-25-44-43-23-9-12-28-47(43)50-48(40)44)39-20-13-15-35(33-39)49-45-26-10-7-21-41(45)42-22-8-11-27-46(42)49/h1-33H. The van der Waals surface area contributed by atoms with Crippen molar-refractivity contribution in [2.45, 2.75) is 0 Å². The second-order valence-corrected chi connectivity index (χ2v) is 18.1. The fraction of sp³-hybridized carbons (Fsp3) is 0. The van der Waals surface area contributed by atoms with E-state index in [1.165, 1.54) is 79.5 Å². The molecule has 0 saturated carbocycles. The first-order valence-electron chi connectivity index (χ1n) is 17.5. The van der Waals surface area contributed by atoms with Gasteiger partial charge in [-0.1, -0.05) is 170 Å². The highest BCUT2D eigenvalue weighted by atomic mass is 32.1. The first kappa shape index (κ1) is 29.9. The van der Waals surface area contributed by atoms with Crippen LogP contribution >= 0.6 is 11.3 Å². The third kappa shape index (κ3) is 4.66. The van der Waals surface area contributed by atoms with Crippen LogP contribution in [0.4, 0.5) is 0 Å². The topological polar surface area (TPSA) is 4.93 Å². The van der Waals surface area contributed by atoms with E-state index in [0.29, 0.717) is 0 Å². The van der Waals surface area contributed by atoms with E-state index in [1.807, 2.05) is 11.3 Å². The van der Waals surface area contributed by atoms with E-state index in [-0.39, 0.29) is 0 Å². The maximum atomic E-state index is 2.47. The van der Waals surface area contributed by atoms with E-state index < -0.39 is 8.07 Å². The number of aromatic nitrogens is 1. The van der Waals surface area contributed by atoms with Crippen molar-refractivity contribution in [3.05, 3.63) is 200 Å². The van der Waals surface area contributed by atoms with E-state index >= 15 is 0 Å². The third-order valence-corrected chi connectivity index (χ3v) is 16.6. The van der Waals surface area contributed by atoms with E-state index in [2.05, 4.69) is 205 Å². The molecule has 10 rings (SSSR count). The van der Waals surface area contributed by atoms with Gasteiger partial charge in [-0.2, -0.15) is 0 Å². The first-order chi connectivity index (χ1) is 25.3. The molecule has 0 unspecified atom stereocenters. The van der Waals surface area contributed by atoms with Gasteiger partial charge in [0.05, 0.1) is 11.0 Å². The second kappa shape index (κ2) is 12.1. The lowest BCUT2D eigenvalue weighted by molar-refractivity contribution is 1.18. The van der Waals surface area contributed by atoms with Crippen molar-refractivity contribution in [1.29, 1.82) is 0 Å². The van der Waals surface area contributed by atoms with Crippen LogP contribution in [-0.4, -0.2) is 12.6 Å². The molecule has 51 heavy (non-hydrogen) atoms. The molecule has 0 saturated heterocycles. The first-order valence-corrected chi connectivity index (χ1v) is 20.3. The highest BCUT2D eigenvalue weighted by Crippen LogP contribution is 2.39. The molecule has 0 spiro atoms. The number of hydrogen-bond donors (Lipinski definition) is 0. The number of fused-ring (bicyclic) bond motifs is 6. The van der Waals surface area contributed by atoms with Crippen LogP contribution < -0.4 is 20.7 Å². The smallest absolute Gasteiger partial charge is 0.179 e. The van der Waals surface area contributed by atoms with Gasteiger partial charge < -0.3 is 4.57 Å². The van der Waals surface area contributed by atoms with E-state index in [9.17, 15) is 0 Å². The van der Waals surface area contributed by atoms with Crippen molar-refractivity contribution >= 4 is 82.1 Å². The molecule has 0 atom stereocenters. The minimum absolute atomic E-state index is 1.18. The molecule has 3 heteroatoms. The number of benzene rings is 8. The molecule has 2 heterocycles. The maximum absolute atomic E-state index is 2.79. The van der Waals surface area contributed by atoms with Gasteiger partial charge in [0.15, 0.2) is 8.07 Å². The van der Waals surface area contributed by atoms with Gasteiger partial charge in [-0.15, -0.1) is 11.3 Å². The lowest BCUT2D eigenvalue weighted by Crippen LogP contribution is -2.74. The van der Waals surface area contributed by atoms with Gasteiger partial charge in [-0.3, -0.25) is 0 Å². The fourth-order valence-corrected chi connectivity index (χ4v) is 14.3. The Kier molecular flexibility index (Phi) is 7.09. The average molecular weight is 684 g/mol. The molecule has 1 nitrogen and oxygen atoms in total. The molecule has 240 valence electrons. The molecule has 10 aromatic rings. The Balaban J connectivity index is 1.21. The summed E-state index contributed by atoms with van der Waals surface area (Å²) in [6.07, 6.45) is 0. The van der Waals surface area contributed by atoms with Crippen LogP contribution in [0.3, 0.4) is 0 Å². The van der Waals surface area contributed by atoms with Crippen molar-refractivity contribution < 1.29 is 0 Å². The van der Waals surface area contributed by atoms with Crippen LogP contribution in [0.25, 0.3) is 58.8 Å². The van der Waals surface area contributed by atoms with Crippen molar-refractivity contribution in [1.82, 2.24) is 4.57 Å². The third-order valence-electron chi connectivity index (χ3n) is 10.6. The van der Waals surface area contributed by atoms with Crippen LogP contribution in [-0.2, 0) is 0 Å². The Morgan fingerprint density at radius 1 is 0.373 bits per heavy atom. The Labute approximate surface area is 302 Å². The predicted octanol–water partition coefficient (Wildman–Crippen LogP) is 10.2. The SMILES string of the molecule is c1ccc([Si](c2ccccc2)(c2ccc(-c3cccc4c3sc3ccccc34)cc2)c2cccc(-n3c4ccccc4c4ccccc43)c2)cc1. The molecule has 0 radical (unpaired) electrons. The van der Waals surface area contributed by atoms with Crippen molar-refractivity contribution in [2.24, 2.45) is 0 Å². The van der Waals surface area contributed by atoms with E-state index in [4.69, 9.17) is 0 Å². The number of hydrogen-bond acceptors (Lipinski definition) is 1. The highest BCUT2D eigenvalue weighted by Gasteiger charge is 2.41. The zero-order valence-corrected chi connectivity index (χ0v) is 29.7. The van der Waals surface area contributed by atoms with Gasteiger partial charge in [-0.25, -0.2) is 0 Å². The molecule has 0 N–H and O–H groups in total. The Morgan fingerprint density at radius 2 is 0.882 bits per heavy atom. The minimum atomic E-state index is -2.79. The lowest BCUT2D eigenvalue weighted by Gasteiger charge is -2.35. The zero-order chi connectivity index (χ0) is 33.8. The monoisotopic (exact) mass is 683 g/mol. The summed E-state index contributed by atoms with van der Waals surface area (Å²) >= 11 is 1.89. The van der Waals surface area contributed by atoms with Crippen molar-refractivity contribution in [3.8, 4) is 16.8 Å². The number of nitrogens with zero attached hydrogens (tertiary/aromatic N) is 1. The van der Waals surface area contributed by atoms with Crippen LogP contribution in [0.1, 0.15) is 0 Å². The molecule has 0 aliphatic rings. The molecule has 0 fully saturated rings. The van der Waals surface area contributed by atoms with Crippen molar-refractivity contribution in [2.75, 3.05) is 0 Å². The lowest BCUT2D eigenvalue weighted by atomic mass is 10.0. The van der Waals surface area contributed by atoms with Gasteiger partial charge in [0.2, 0.25) is 0 Å². The Morgan fingerprint density at radius 3 is 1.55 bits per heavy atom. The summed E-state index contributed by atoms with van der Waals surface area (Å²) in [6, 6.07) is 74.5. The Bertz CT molecular complexity index is 2760. The Hall–Kier alpha value is -6.00. The second-order valence-electron chi connectivity index (χ2n) is 13.3. The largest absolute Gasteiger partial charge is 0.309 e. The molecular weight excluding hydrogens is 651 g/mol. The normalized spacial score (nSPS) is 11.9. The van der Waals surface area contributed by atoms with Gasteiger partial charge in [-0.05, 0) is 62.2 Å². The summed E-state index contributed by atoms with van der Waals surface area (Å²) in [5, 5.41) is 10.7. The van der Waals surface area contributed by atoms with Gasteiger partial charge in [0.1, 0.15) is 0 Å². The van der Waals surface area contributed by atoms with Crippen LogP contribution in [0.2, 0.25) is 0 Å². The summed E-state index contributed by atoms with van der Waals surface area (Å²) in [6.45, 7) is 0. The average Bonchev–Trinajstić information content (AvgIpc) is 3.76. The van der Waals surface area contributed by atoms with Crippen LogP contribution in [0, 0.1) is 0 Å². The summed E-state index contributed by atoms with van der Waals surface area (Å²) < 4.78 is 5.12. The van der Waals surface area contributed by atoms with Gasteiger partial charge in [0, 0.05) is 36.6 Å². The number of para-hydroxylation sites is 2. The number of rotatable bonds is 6. The molecular formula is C48H33NSSi. The molecule has 0 amide bonds. The van der Waals surface area contributed by atoms with Crippen LogP contribution in [0.5, 0.6) is 0 Å². The molecule has 8 aromatic carbocycles. The fourth-order valence-electron chi connectivity index (χ4n) is 8.33. The summed E-state index contributed by atoms with van der Waals surface area (Å²) in [7, 11) is -2.79. The molecule has 0 bridgehead atoms. The zero-order valence-electron chi connectivity index (χ0n) is 27.9. The predicted molar refractivity (Wildman–Crippen MR) is 223 cm³/mol. The number of thiophene rings is 1. The maximum Gasteiger partial charge on any atom is 0.179 e.